The van der Waals surface area contributed by atoms with Crippen molar-refractivity contribution < 1.29 is 9.53 Å². The Labute approximate surface area is 170 Å². The summed E-state index contributed by atoms with van der Waals surface area (Å²) in [6, 6.07) is 5.52. The Morgan fingerprint density at radius 2 is 2.14 bits per heavy atom. The third kappa shape index (κ3) is 3.06. The lowest BCUT2D eigenvalue weighted by atomic mass is 9.61. The first-order valence-electron chi connectivity index (χ1n) is 9.78. The minimum atomic E-state index is -0.214. The molecule has 1 N–H and O–H groups in total. The summed E-state index contributed by atoms with van der Waals surface area (Å²) in [6.45, 7) is 4.38. The Balaban J connectivity index is 1.58. The third-order valence-corrected chi connectivity index (χ3v) is 6.44. The average molecular weight is 404 g/mol. The van der Waals surface area contributed by atoms with Gasteiger partial charge in [-0.2, -0.15) is 15.0 Å². The number of carbonyl (C=O) groups excluding carboxylic acids is 1. The fraction of sp³-hybridized carbons (Fsp3) is 0.550. The molecule has 7 nitrogen and oxygen atoms in total. The molecule has 1 saturated carbocycles. The molecule has 4 unspecified atom stereocenters. The van der Waals surface area contributed by atoms with Crippen LogP contribution in [0.3, 0.4) is 0 Å². The highest BCUT2D eigenvalue weighted by Gasteiger charge is 2.61. The van der Waals surface area contributed by atoms with Crippen LogP contribution in [0.25, 0.3) is 5.69 Å². The van der Waals surface area contributed by atoms with Crippen LogP contribution in [0.15, 0.2) is 30.6 Å². The highest BCUT2D eigenvalue weighted by molar-refractivity contribution is 6.32. The zero-order valence-electron chi connectivity index (χ0n) is 16.4. The summed E-state index contributed by atoms with van der Waals surface area (Å²) in [7, 11) is 1.74. The molecular formula is C20H26ClN5O2. The number of methoxy groups -OCH3 is 1. The Kier molecular flexibility index (Phi) is 5.05. The van der Waals surface area contributed by atoms with Crippen LogP contribution in [-0.2, 0) is 4.74 Å². The van der Waals surface area contributed by atoms with Crippen molar-refractivity contribution in [2.75, 3.05) is 12.4 Å². The Morgan fingerprint density at radius 1 is 1.39 bits per heavy atom. The summed E-state index contributed by atoms with van der Waals surface area (Å²) in [5, 5.41) is 11.8. The maximum Gasteiger partial charge on any atom is 0.322 e. The van der Waals surface area contributed by atoms with Gasteiger partial charge in [0, 0.05) is 18.8 Å². The van der Waals surface area contributed by atoms with Gasteiger partial charge < -0.3 is 15.0 Å². The minimum Gasteiger partial charge on any atom is -0.379 e. The number of hydrogen-bond donors (Lipinski definition) is 1. The standard InChI is InChI=1S/C20H26ClN5O2/c1-4-18(28-3)20-11-13(2)9-15(12-20)25(20)19(27)24-14-5-6-16(21)17(10-14)26-22-7-8-23-26/h5-8,10,13,15,18H,4,9,11-12H2,1-3H3,(H,24,27). The van der Waals surface area contributed by atoms with E-state index in [0.717, 1.165) is 25.7 Å². The van der Waals surface area contributed by atoms with E-state index in [1.807, 2.05) is 4.90 Å². The molecule has 1 saturated heterocycles. The van der Waals surface area contributed by atoms with Crippen molar-refractivity contribution in [3.63, 3.8) is 0 Å². The molecular weight excluding hydrogens is 378 g/mol. The second-order valence-corrected chi connectivity index (χ2v) is 8.33. The van der Waals surface area contributed by atoms with E-state index < -0.39 is 0 Å². The van der Waals surface area contributed by atoms with Gasteiger partial charge in [-0.1, -0.05) is 25.4 Å². The molecule has 28 heavy (non-hydrogen) atoms. The highest BCUT2D eigenvalue weighted by atomic mass is 35.5. The molecule has 2 fully saturated rings. The first kappa shape index (κ1) is 19.2. The van der Waals surface area contributed by atoms with Crippen molar-refractivity contribution in [2.24, 2.45) is 5.92 Å². The second kappa shape index (κ2) is 7.37. The SMILES string of the molecule is CCC(OC)C12CC(C)CC(C1)N2C(=O)Nc1ccc(Cl)c(-n2nccn2)c1. The number of benzene rings is 1. The molecule has 2 amide bonds. The Bertz CT molecular complexity index is 854. The van der Waals surface area contributed by atoms with Gasteiger partial charge in [0.2, 0.25) is 0 Å². The number of rotatable bonds is 5. The molecule has 1 aromatic carbocycles. The quantitative estimate of drug-likeness (QED) is 0.814. The van der Waals surface area contributed by atoms with Gasteiger partial charge in [0.25, 0.3) is 0 Å². The summed E-state index contributed by atoms with van der Waals surface area (Å²) in [6.07, 6.45) is 7.14. The molecule has 0 radical (unpaired) electrons. The lowest BCUT2D eigenvalue weighted by Gasteiger charge is -2.65. The summed E-state index contributed by atoms with van der Waals surface area (Å²) in [5.74, 6) is 0.597. The van der Waals surface area contributed by atoms with E-state index in [9.17, 15) is 4.79 Å². The molecule has 4 atom stereocenters. The molecule has 2 aliphatic rings. The van der Waals surface area contributed by atoms with Crippen LogP contribution in [0, 0.1) is 5.92 Å². The Hall–Kier alpha value is -2.12. The summed E-state index contributed by atoms with van der Waals surface area (Å²) < 4.78 is 5.78. The van der Waals surface area contributed by atoms with Crippen molar-refractivity contribution in [1.29, 1.82) is 0 Å². The van der Waals surface area contributed by atoms with Crippen molar-refractivity contribution in [3.05, 3.63) is 35.6 Å². The van der Waals surface area contributed by atoms with Crippen molar-refractivity contribution in [2.45, 2.75) is 57.2 Å². The fourth-order valence-electron chi connectivity index (χ4n) is 5.19. The van der Waals surface area contributed by atoms with Gasteiger partial charge >= 0.3 is 6.03 Å². The molecule has 2 bridgehead atoms. The number of carbonyl (C=O) groups is 1. The number of anilines is 1. The third-order valence-electron chi connectivity index (χ3n) is 6.12. The minimum absolute atomic E-state index is 0.0475. The number of amides is 2. The number of nitrogens with zero attached hydrogens (tertiary/aromatic N) is 4. The molecule has 0 spiro atoms. The normalized spacial score (nSPS) is 27.2. The monoisotopic (exact) mass is 403 g/mol. The van der Waals surface area contributed by atoms with Crippen LogP contribution in [-0.4, -0.2) is 50.7 Å². The zero-order chi connectivity index (χ0) is 19.9. The van der Waals surface area contributed by atoms with Gasteiger partial charge in [0.15, 0.2) is 0 Å². The summed E-state index contributed by atoms with van der Waals surface area (Å²) in [4.78, 5) is 16.7. The molecule has 150 valence electrons. The number of aromatic nitrogens is 3. The fourth-order valence-corrected chi connectivity index (χ4v) is 5.38. The van der Waals surface area contributed by atoms with E-state index in [2.05, 4.69) is 29.4 Å². The van der Waals surface area contributed by atoms with Crippen LogP contribution in [0.4, 0.5) is 10.5 Å². The van der Waals surface area contributed by atoms with Crippen molar-refractivity contribution in [1.82, 2.24) is 19.9 Å². The van der Waals surface area contributed by atoms with E-state index in [4.69, 9.17) is 16.3 Å². The number of hydrogen-bond acceptors (Lipinski definition) is 4. The van der Waals surface area contributed by atoms with Crippen LogP contribution < -0.4 is 5.32 Å². The zero-order valence-corrected chi connectivity index (χ0v) is 17.2. The van der Waals surface area contributed by atoms with Gasteiger partial charge in [-0.25, -0.2) is 4.79 Å². The molecule has 1 aliphatic carbocycles. The number of likely N-dealkylation sites (tertiary alicyclic amines) is 1. The van der Waals surface area contributed by atoms with E-state index in [1.54, 1.807) is 37.7 Å². The van der Waals surface area contributed by atoms with Crippen molar-refractivity contribution >= 4 is 23.3 Å². The first-order valence-corrected chi connectivity index (χ1v) is 10.2. The lowest BCUT2D eigenvalue weighted by Crippen LogP contribution is -2.76. The van der Waals surface area contributed by atoms with Crippen LogP contribution in [0.2, 0.25) is 5.02 Å². The first-order chi connectivity index (χ1) is 13.5. The molecule has 1 aromatic heterocycles. The van der Waals surface area contributed by atoms with Gasteiger partial charge in [-0.15, -0.1) is 0 Å². The van der Waals surface area contributed by atoms with Gasteiger partial charge in [0.1, 0.15) is 5.69 Å². The topological polar surface area (TPSA) is 72.3 Å². The lowest BCUT2D eigenvalue weighted by molar-refractivity contribution is -0.162. The molecule has 2 heterocycles. The van der Waals surface area contributed by atoms with E-state index in [0.29, 0.717) is 22.3 Å². The smallest absolute Gasteiger partial charge is 0.322 e. The largest absolute Gasteiger partial charge is 0.379 e. The molecule has 4 rings (SSSR count). The van der Waals surface area contributed by atoms with Gasteiger partial charge in [-0.3, -0.25) is 0 Å². The predicted octanol–water partition coefficient (Wildman–Crippen LogP) is 4.12. The number of piperidine rings is 1. The molecule has 2 aromatic rings. The number of halogens is 1. The maximum atomic E-state index is 13.2. The Morgan fingerprint density at radius 3 is 2.82 bits per heavy atom. The van der Waals surface area contributed by atoms with Gasteiger partial charge in [-0.05, 0) is 49.8 Å². The molecule has 1 aliphatic heterocycles. The predicted molar refractivity (Wildman–Crippen MR) is 108 cm³/mol. The van der Waals surface area contributed by atoms with E-state index >= 15 is 0 Å². The molecule has 8 heteroatoms. The number of fused-ring (bicyclic) bond motifs is 2. The highest BCUT2D eigenvalue weighted by Crippen LogP contribution is 2.53. The summed E-state index contributed by atoms with van der Waals surface area (Å²) in [5.41, 5.74) is 1.08. The maximum absolute atomic E-state index is 13.2. The van der Waals surface area contributed by atoms with E-state index in [1.165, 1.54) is 4.80 Å². The average Bonchev–Trinajstić information content (AvgIpc) is 3.18. The van der Waals surface area contributed by atoms with Crippen molar-refractivity contribution in [3.8, 4) is 5.69 Å². The number of nitrogens with one attached hydrogen (secondary N) is 1. The number of urea groups is 1. The van der Waals surface area contributed by atoms with Crippen LogP contribution in [0.1, 0.15) is 39.5 Å². The summed E-state index contributed by atoms with van der Waals surface area (Å²) >= 11 is 6.28. The number of ether oxygens (including phenoxy) is 1. The van der Waals surface area contributed by atoms with E-state index in [-0.39, 0.29) is 23.7 Å². The van der Waals surface area contributed by atoms with Crippen LogP contribution in [0.5, 0.6) is 0 Å². The second-order valence-electron chi connectivity index (χ2n) is 7.92. The van der Waals surface area contributed by atoms with Gasteiger partial charge in [0.05, 0.1) is 29.1 Å². The van der Waals surface area contributed by atoms with Crippen LogP contribution >= 0.6 is 11.6 Å².